The Labute approximate surface area is 88.5 Å². The minimum atomic E-state index is -0.0982. The van der Waals surface area contributed by atoms with E-state index < -0.39 is 0 Å². The maximum absolute atomic E-state index is 11.4. The van der Waals surface area contributed by atoms with Crippen LogP contribution in [0.1, 0.15) is 6.92 Å². The summed E-state index contributed by atoms with van der Waals surface area (Å²) in [6.07, 6.45) is 0. The van der Waals surface area contributed by atoms with Gasteiger partial charge in [-0.25, -0.2) is 0 Å². The quantitative estimate of drug-likeness (QED) is 0.614. The Balaban J connectivity index is 2.89. The van der Waals surface area contributed by atoms with Gasteiger partial charge < -0.3 is 10.6 Å². The molecular formula is C10H13ClN2O. The molecule has 0 radical (unpaired) electrons. The molecule has 0 bridgehead atoms. The van der Waals surface area contributed by atoms with Crippen molar-refractivity contribution in [3.05, 3.63) is 24.3 Å². The number of amides is 1. The summed E-state index contributed by atoms with van der Waals surface area (Å²) in [5.41, 5.74) is 7.06. The molecule has 1 amide bonds. The highest BCUT2D eigenvalue weighted by molar-refractivity contribution is 6.29. The Morgan fingerprint density at radius 3 is 2.43 bits per heavy atom. The van der Waals surface area contributed by atoms with Crippen LogP contribution in [-0.2, 0) is 4.79 Å². The molecule has 14 heavy (non-hydrogen) atoms. The fraction of sp³-hybridized carbons (Fsp3) is 0.300. The van der Waals surface area contributed by atoms with E-state index in [2.05, 4.69) is 0 Å². The third kappa shape index (κ3) is 2.39. The summed E-state index contributed by atoms with van der Waals surface area (Å²) in [6, 6.07) is 7.14. The fourth-order valence-corrected chi connectivity index (χ4v) is 1.37. The van der Waals surface area contributed by atoms with Crippen molar-refractivity contribution >= 4 is 28.9 Å². The molecule has 3 nitrogen and oxygen atoms in total. The number of hydrogen-bond acceptors (Lipinski definition) is 2. The lowest BCUT2D eigenvalue weighted by molar-refractivity contribution is -0.116. The summed E-state index contributed by atoms with van der Waals surface area (Å²) in [5.74, 6) is -0.1000. The number of alkyl halides is 1. The Morgan fingerprint density at radius 2 is 2.00 bits per heavy atom. The first-order valence-corrected chi connectivity index (χ1v) is 4.94. The monoisotopic (exact) mass is 212 g/mol. The molecule has 1 aromatic carbocycles. The molecule has 0 heterocycles. The lowest BCUT2D eigenvalue weighted by Gasteiger charge is -2.19. The second-order valence-corrected chi connectivity index (χ2v) is 3.13. The highest BCUT2D eigenvalue weighted by atomic mass is 35.5. The lowest BCUT2D eigenvalue weighted by atomic mass is 10.2. The second-order valence-electron chi connectivity index (χ2n) is 2.86. The Bertz CT molecular complexity index is 310. The molecule has 1 aromatic rings. The molecule has 0 spiro atoms. The van der Waals surface area contributed by atoms with Crippen LogP contribution in [0.5, 0.6) is 0 Å². The number of nitrogen functional groups attached to an aromatic ring is 1. The van der Waals surface area contributed by atoms with E-state index in [9.17, 15) is 4.79 Å². The Hall–Kier alpha value is -1.22. The number of anilines is 2. The van der Waals surface area contributed by atoms with E-state index in [0.29, 0.717) is 12.2 Å². The number of carbonyl (C=O) groups is 1. The normalized spacial score (nSPS) is 9.86. The number of hydrogen-bond donors (Lipinski definition) is 1. The summed E-state index contributed by atoms with van der Waals surface area (Å²) in [4.78, 5) is 13.0. The molecule has 0 aliphatic rings. The minimum Gasteiger partial charge on any atom is -0.399 e. The molecule has 0 aromatic heterocycles. The number of nitrogens with two attached hydrogens (primary N) is 1. The largest absolute Gasteiger partial charge is 0.399 e. The summed E-state index contributed by atoms with van der Waals surface area (Å²) < 4.78 is 0. The first kappa shape index (κ1) is 10.9. The first-order valence-electron chi connectivity index (χ1n) is 4.41. The first-order chi connectivity index (χ1) is 6.69. The number of benzene rings is 1. The number of nitrogens with zero attached hydrogens (tertiary/aromatic N) is 1. The maximum atomic E-state index is 11.4. The van der Waals surface area contributed by atoms with Gasteiger partial charge in [-0.1, -0.05) is 0 Å². The second kappa shape index (κ2) is 4.86. The van der Waals surface area contributed by atoms with Crippen LogP contribution in [0.15, 0.2) is 24.3 Å². The highest BCUT2D eigenvalue weighted by Gasteiger charge is 2.11. The Morgan fingerprint density at radius 1 is 1.43 bits per heavy atom. The van der Waals surface area contributed by atoms with Gasteiger partial charge in [0.2, 0.25) is 5.91 Å². The molecule has 0 saturated heterocycles. The molecular weight excluding hydrogens is 200 g/mol. The van der Waals surface area contributed by atoms with Gasteiger partial charge in [-0.2, -0.15) is 0 Å². The summed E-state index contributed by atoms with van der Waals surface area (Å²) in [7, 11) is 0. The van der Waals surface area contributed by atoms with Crippen LogP contribution in [0.3, 0.4) is 0 Å². The van der Waals surface area contributed by atoms with Crippen molar-refractivity contribution in [3.63, 3.8) is 0 Å². The van der Waals surface area contributed by atoms with Crippen molar-refractivity contribution in [2.24, 2.45) is 0 Å². The minimum absolute atomic E-state index is 0.00177. The molecule has 0 saturated carbocycles. The molecule has 0 fully saturated rings. The van der Waals surface area contributed by atoms with E-state index in [4.69, 9.17) is 17.3 Å². The molecule has 0 aliphatic carbocycles. The number of halogens is 1. The maximum Gasteiger partial charge on any atom is 0.241 e. The van der Waals surface area contributed by atoms with E-state index >= 15 is 0 Å². The van der Waals surface area contributed by atoms with Crippen molar-refractivity contribution in [1.82, 2.24) is 0 Å². The third-order valence-corrected chi connectivity index (χ3v) is 2.16. The van der Waals surface area contributed by atoms with Gasteiger partial charge in [0.25, 0.3) is 0 Å². The average molecular weight is 213 g/mol. The van der Waals surface area contributed by atoms with Crippen LogP contribution in [0.4, 0.5) is 11.4 Å². The van der Waals surface area contributed by atoms with Gasteiger partial charge in [0.1, 0.15) is 5.88 Å². The van der Waals surface area contributed by atoms with Gasteiger partial charge in [0.15, 0.2) is 0 Å². The summed E-state index contributed by atoms with van der Waals surface area (Å²) >= 11 is 5.49. The molecule has 2 N–H and O–H groups in total. The van der Waals surface area contributed by atoms with Crippen molar-refractivity contribution in [3.8, 4) is 0 Å². The standard InChI is InChI=1S/C10H13ClN2O/c1-2-13(10(14)7-11)9-5-3-8(12)4-6-9/h3-6H,2,7,12H2,1H3. The fourth-order valence-electron chi connectivity index (χ4n) is 1.23. The van der Waals surface area contributed by atoms with Crippen molar-refractivity contribution in [1.29, 1.82) is 0 Å². The molecule has 0 atom stereocenters. The van der Waals surface area contributed by atoms with Crippen LogP contribution in [-0.4, -0.2) is 18.3 Å². The van der Waals surface area contributed by atoms with Gasteiger partial charge in [-0.3, -0.25) is 4.79 Å². The van der Waals surface area contributed by atoms with Crippen LogP contribution in [0, 0.1) is 0 Å². The van der Waals surface area contributed by atoms with E-state index in [0.717, 1.165) is 5.69 Å². The number of rotatable bonds is 3. The van der Waals surface area contributed by atoms with E-state index in [1.807, 2.05) is 19.1 Å². The highest BCUT2D eigenvalue weighted by Crippen LogP contribution is 2.16. The van der Waals surface area contributed by atoms with Crippen LogP contribution in [0.2, 0.25) is 0 Å². The van der Waals surface area contributed by atoms with Crippen LogP contribution < -0.4 is 10.6 Å². The molecule has 0 unspecified atom stereocenters. The van der Waals surface area contributed by atoms with Gasteiger partial charge in [0.05, 0.1) is 0 Å². The van der Waals surface area contributed by atoms with E-state index in [1.165, 1.54) is 0 Å². The smallest absolute Gasteiger partial charge is 0.241 e. The molecule has 1 rings (SSSR count). The Kier molecular flexibility index (Phi) is 3.77. The number of carbonyl (C=O) groups excluding carboxylic acids is 1. The topological polar surface area (TPSA) is 46.3 Å². The van der Waals surface area contributed by atoms with E-state index in [-0.39, 0.29) is 11.8 Å². The van der Waals surface area contributed by atoms with Crippen LogP contribution >= 0.6 is 11.6 Å². The molecule has 4 heteroatoms. The zero-order valence-electron chi connectivity index (χ0n) is 8.03. The van der Waals surface area contributed by atoms with Gasteiger partial charge >= 0.3 is 0 Å². The van der Waals surface area contributed by atoms with Crippen molar-refractivity contribution in [2.45, 2.75) is 6.92 Å². The molecule has 76 valence electrons. The summed E-state index contributed by atoms with van der Waals surface area (Å²) in [6.45, 7) is 2.51. The SMILES string of the molecule is CCN(C(=O)CCl)c1ccc(N)cc1. The van der Waals surface area contributed by atoms with Gasteiger partial charge in [0, 0.05) is 17.9 Å². The van der Waals surface area contributed by atoms with Crippen molar-refractivity contribution < 1.29 is 4.79 Å². The van der Waals surface area contributed by atoms with Crippen LogP contribution in [0.25, 0.3) is 0 Å². The lowest BCUT2D eigenvalue weighted by Crippen LogP contribution is -2.31. The van der Waals surface area contributed by atoms with Crippen molar-refractivity contribution in [2.75, 3.05) is 23.1 Å². The average Bonchev–Trinajstić information content (AvgIpc) is 2.21. The zero-order chi connectivity index (χ0) is 10.6. The predicted molar refractivity (Wildman–Crippen MR) is 59.6 cm³/mol. The third-order valence-electron chi connectivity index (χ3n) is 1.94. The van der Waals surface area contributed by atoms with Gasteiger partial charge in [-0.15, -0.1) is 11.6 Å². The molecule has 0 aliphatic heterocycles. The zero-order valence-corrected chi connectivity index (χ0v) is 8.79. The summed E-state index contributed by atoms with van der Waals surface area (Å²) in [5, 5.41) is 0. The predicted octanol–water partition coefficient (Wildman–Crippen LogP) is 1.86. The van der Waals surface area contributed by atoms with Gasteiger partial charge in [-0.05, 0) is 31.2 Å². The van der Waals surface area contributed by atoms with E-state index in [1.54, 1.807) is 17.0 Å².